The molecular formula is C23H21N7O2S. The van der Waals surface area contributed by atoms with Crippen LogP contribution >= 0.6 is 11.3 Å². The minimum atomic E-state index is -0.792. The van der Waals surface area contributed by atoms with E-state index in [0.717, 1.165) is 21.8 Å². The van der Waals surface area contributed by atoms with E-state index >= 15 is 0 Å². The van der Waals surface area contributed by atoms with Crippen LogP contribution in [0.2, 0.25) is 0 Å². The molecule has 166 valence electrons. The number of hydrogen-bond acceptors (Lipinski definition) is 9. The number of aromatic nitrogens is 4. The van der Waals surface area contributed by atoms with Crippen LogP contribution in [-0.4, -0.2) is 57.0 Å². The minimum Gasteiger partial charge on any atom is -0.372 e. The maximum absolute atomic E-state index is 11.9. The number of para-hydroxylation sites is 1. The van der Waals surface area contributed by atoms with E-state index in [-0.39, 0.29) is 5.69 Å². The number of hydrogen-bond donors (Lipinski definition) is 2. The SMILES string of the molecule is NC(=O)c1cc(N2CCN(c3ccccc3-c3nncs3)C(O)C2)nc(-c2ccccc2)n1. The highest BCUT2D eigenvalue weighted by molar-refractivity contribution is 7.12. The molecule has 3 heterocycles. The number of aliphatic hydroxyl groups excluding tert-OH is 1. The van der Waals surface area contributed by atoms with E-state index in [0.29, 0.717) is 31.3 Å². The summed E-state index contributed by atoms with van der Waals surface area (Å²) < 4.78 is 0. The average molecular weight is 460 g/mol. The fourth-order valence-corrected chi connectivity index (χ4v) is 4.48. The van der Waals surface area contributed by atoms with Crippen LogP contribution in [0, 0.1) is 0 Å². The first kappa shape index (κ1) is 21.0. The van der Waals surface area contributed by atoms with Crippen molar-refractivity contribution in [3.63, 3.8) is 0 Å². The summed E-state index contributed by atoms with van der Waals surface area (Å²) in [6.45, 7) is 1.44. The second-order valence-corrected chi connectivity index (χ2v) is 8.38. The standard InChI is InChI=1S/C23H21N7O2S/c24-21(32)17-12-19(27-22(26-17)15-6-2-1-3-7-15)29-10-11-30(20(31)13-29)18-9-5-4-8-16(18)23-28-25-14-33-23/h1-9,12,14,20,31H,10-11,13H2,(H2,24,32). The molecule has 10 heteroatoms. The zero-order chi connectivity index (χ0) is 22.8. The number of carbonyl (C=O) groups excluding carboxylic acids is 1. The molecule has 1 fully saturated rings. The van der Waals surface area contributed by atoms with Crippen molar-refractivity contribution < 1.29 is 9.90 Å². The summed E-state index contributed by atoms with van der Waals surface area (Å²) in [6, 6.07) is 18.8. The maximum Gasteiger partial charge on any atom is 0.267 e. The van der Waals surface area contributed by atoms with Gasteiger partial charge in [-0.25, -0.2) is 9.97 Å². The molecule has 1 amide bonds. The van der Waals surface area contributed by atoms with E-state index in [2.05, 4.69) is 20.2 Å². The van der Waals surface area contributed by atoms with Gasteiger partial charge in [0.25, 0.3) is 5.91 Å². The first-order valence-electron chi connectivity index (χ1n) is 10.4. The highest BCUT2D eigenvalue weighted by atomic mass is 32.1. The average Bonchev–Trinajstić information content (AvgIpc) is 3.39. The van der Waals surface area contributed by atoms with Crippen LogP contribution < -0.4 is 15.5 Å². The molecule has 1 aliphatic rings. The van der Waals surface area contributed by atoms with Gasteiger partial charge in [0.15, 0.2) is 5.82 Å². The van der Waals surface area contributed by atoms with Crippen LogP contribution in [0.1, 0.15) is 10.5 Å². The lowest BCUT2D eigenvalue weighted by atomic mass is 10.1. The molecule has 1 saturated heterocycles. The molecular weight excluding hydrogens is 438 g/mol. The molecule has 0 saturated carbocycles. The van der Waals surface area contributed by atoms with E-state index < -0.39 is 12.1 Å². The zero-order valence-corrected chi connectivity index (χ0v) is 18.4. The fourth-order valence-electron chi connectivity index (χ4n) is 3.89. The third kappa shape index (κ3) is 4.26. The van der Waals surface area contributed by atoms with Gasteiger partial charge in [-0.1, -0.05) is 53.8 Å². The fraction of sp³-hybridized carbons (Fsp3) is 0.174. The van der Waals surface area contributed by atoms with Crippen molar-refractivity contribution >= 4 is 28.7 Å². The quantitative estimate of drug-likeness (QED) is 0.467. The number of β-amino-alcohol motifs (C(OH)–C–C–N with tert-alkyl or cyclic N) is 1. The predicted molar refractivity (Wildman–Crippen MR) is 127 cm³/mol. The number of benzene rings is 2. The summed E-state index contributed by atoms with van der Waals surface area (Å²) in [5.41, 5.74) is 9.97. The van der Waals surface area contributed by atoms with Crippen LogP contribution in [0.4, 0.5) is 11.5 Å². The Labute approximate surface area is 194 Å². The molecule has 0 bridgehead atoms. The Kier molecular flexibility index (Phi) is 5.68. The summed E-state index contributed by atoms with van der Waals surface area (Å²) in [5, 5.41) is 20.0. The Morgan fingerprint density at radius 3 is 2.58 bits per heavy atom. The van der Waals surface area contributed by atoms with Gasteiger partial charge in [0.1, 0.15) is 28.3 Å². The van der Waals surface area contributed by atoms with Gasteiger partial charge in [-0.2, -0.15) is 0 Å². The number of anilines is 2. The molecule has 9 nitrogen and oxygen atoms in total. The lowest BCUT2D eigenvalue weighted by Gasteiger charge is -2.41. The van der Waals surface area contributed by atoms with Crippen molar-refractivity contribution in [1.29, 1.82) is 0 Å². The predicted octanol–water partition coefficient (Wildman–Crippen LogP) is 2.41. The number of amides is 1. The van der Waals surface area contributed by atoms with E-state index in [4.69, 9.17) is 5.73 Å². The highest BCUT2D eigenvalue weighted by Crippen LogP contribution is 2.34. The molecule has 1 unspecified atom stereocenters. The van der Waals surface area contributed by atoms with Crippen molar-refractivity contribution in [1.82, 2.24) is 20.2 Å². The lowest BCUT2D eigenvalue weighted by molar-refractivity contribution is 0.0995. The van der Waals surface area contributed by atoms with Gasteiger partial charge >= 0.3 is 0 Å². The molecule has 4 aromatic rings. The number of nitrogens with zero attached hydrogens (tertiary/aromatic N) is 6. The molecule has 0 radical (unpaired) electrons. The number of primary amides is 1. The second-order valence-electron chi connectivity index (χ2n) is 7.55. The number of carbonyl (C=O) groups is 1. The summed E-state index contributed by atoms with van der Waals surface area (Å²) in [6.07, 6.45) is -0.792. The van der Waals surface area contributed by atoms with Crippen LogP contribution in [0.5, 0.6) is 0 Å². The van der Waals surface area contributed by atoms with Crippen LogP contribution in [0.15, 0.2) is 66.2 Å². The zero-order valence-electron chi connectivity index (χ0n) is 17.6. The Bertz CT molecular complexity index is 1270. The first-order chi connectivity index (χ1) is 16.1. The van der Waals surface area contributed by atoms with Crippen molar-refractivity contribution in [2.24, 2.45) is 5.73 Å². The van der Waals surface area contributed by atoms with Gasteiger partial charge in [-0.3, -0.25) is 4.79 Å². The molecule has 3 N–H and O–H groups in total. The summed E-state index contributed by atoms with van der Waals surface area (Å²) in [7, 11) is 0. The van der Waals surface area contributed by atoms with Crippen LogP contribution in [-0.2, 0) is 0 Å². The van der Waals surface area contributed by atoms with Crippen molar-refractivity contribution in [3.05, 3.63) is 71.9 Å². The third-order valence-electron chi connectivity index (χ3n) is 5.48. The Morgan fingerprint density at radius 2 is 1.85 bits per heavy atom. The summed E-state index contributed by atoms with van der Waals surface area (Å²) in [4.78, 5) is 24.8. The lowest BCUT2D eigenvalue weighted by Crippen LogP contribution is -2.54. The van der Waals surface area contributed by atoms with Crippen LogP contribution in [0.3, 0.4) is 0 Å². The minimum absolute atomic E-state index is 0.136. The largest absolute Gasteiger partial charge is 0.372 e. The monoisotopic (exact) mass is 459 g/mol. The normalized spacial score (nSPS) is 16.1. The first-order valence-corrected chi connectivity index (χ1v) is 11.3. The molecule has 0 aliphatic carbocycles. The molecule has 1 aliphatic heterocycles. The van der Waals surface area contributed by atoms with Crippen molar-refractivity contribution in [2.75, 3.05) is 29.4 Å². The molecule has 2 aromatic carbocycles. The van der Waals surface area contributed by atoms with E-state index in [1.54, 1.807) is 11.6 Å². The topological polar surface area (TPSA) is 121 Å². The number of aliphatic hydroxyl groups is 1. The van der Waals surface area contributed by atoms with Gasteiger partial charge in [0, 0.05) is 36.0 Å². The smallest absolute Gasteiger partial charge is 0.267 e. The van der Waals surface area contributed by atoms with E-state index in [1.165, 1.54) is 11.3 Å². The maximum atomic E-state index is 11.9. The summed E-state index contributed by atoms with van der Waals surface area (Å²) >= 11 is 1.45. The molecule has 0 spiro atoms. The Hall–Kier alpha value is -3.89. The summed E-state index contributed by atoms with van der Waals surface area (Å²) in [5.74, 6) is 0.343. The van der Waals surface area contributed by atoms with Gasteiger partial charge in [0.05, 0.1) is 6.54 Å². The molecule has 33 heavy (non-hydrogen) atoms. The molecule has 1 atom stereocenters. The van der Waals surface area contributed by atoms with E-state index in [1.807, 2.05) is 64.4 Å². The highest BCUT2D eigenvalue weighted by Gasteiger charge is 2.29. The molecule has 2 aromatic heterocycles. The van der Waals surface area contributed by atoms with Crippen LogP contribution in [0.25, 0.3) is 22.0 Å². The van der Waals surface area contributed by atoms with Crippen molar-refractivity contribution in [2.45, 2.75) is 6.23 Å². The second kappa shape index (κ2) is 8.93. The van der Waals surface area contributed by atoms with Gasteiger partial charge < -0.3 is 20.6 Å². The number of rotatable bonds is 5. The van der Waals surface area contributed by atoms with Crippen molar-refractivity contribution in [3.8, 4) is 22.0 Å². The number of nitrogens with two attached hydrogens (primary N) is 1. The van der Waals surface area contributed by atoms with E-state index in [9.17, 15) is 9.90 Å². The third-order valence-corrected chi connectivity index (χ3v) is 6.20. The Morgan fingerprint density at radius 1 is 1.06 bits per heavy atom. The Balaban J connectivity index is 1.43. The van der Waals surface area contributed by atoms with Gasteiger partial charge in [-0.05, 0) is 12.1 Å². The van der Waals surface area contributed by atoms with Gasteiger partial charge in [0.2, 0.25) is 0 Å². The number of piperazine rings is 1. The van der Waals surface area contributed by atoms with Gasteiger partial charge in [-0.15, -0.1) is 10.2 Å². The molecule has 5 rings (SSSR count).